The summed E-state index contributed by atoms with van der Waals surface area (Å²) in [6.07, 6.45) is 0.0523. The van der Waals surface area contributed by atoms with Gasteiger partial charge in [0.25, 0.3) is 5.91 Å². The maximum Gasteiger partial charge on any atom is 0.260 e. The zero-order valence-electron chi connectivity index (χ0n) is 14.7. The fourth-order valence-corrected chi connectivity index (χ4v) is 2.87. The maximum absolute atomic E-state index is 12.7. The number of aryl methyl sites for hydroxylation is 1. The van der Waals surface area contributed by atoms with E-state index in [1.807, 2.05) is 37.3 Å². The van der Waals surface area contributed by atoms with Crippen LogP contribution in [0.3, 0.4) is 0 Å². The fraction of sp³-hybridized carbons (Fsp3) is 0.300. The molecular weight excluding hydrogens is 332 g/mol. The van der Waals surface area contributed by atoms with Crippen molar-refractivity contribution < 1.29 is 19.1 Å². The van der Waals surface area contributed by atoms with Crippen molar-refractivity contribution in [3.63, 3.8) is 0 Å². The van der Waals surface area contributed by atoms with Crippen molar-refractivity contribution in [2.24, 2.45) is 5.73 Å². The van der Waals surface area contributed by atoms with Crippen LogP contribution >= 0.6 is 0 Å². The zero-order valence-corrected chi connectivity index (χ0v) is 14.7. The number of amides is 2. The third-order valence-corrected chi connectivity index (χ3v) is 4.19. The largest absolute Gasteiger partial charge is 0.494 e. The second kappa shape index (κ2) is 7.91. The van der Waals surface area contributed by atoms with E-state index in [2.05, 4.69) is 0 Å². The molecule has 0 saturated heterocycles. The number of rotatable bonds is 6. The van der Waals surface area contributed by atoms with Crippen molar-refractivity contribution in [1.82, 2.24) is 0 Å². The van der Waals surface area contributed by atoms with E-state index in [9.17, 15) is 9.59 Å². The van der Waals surface area contributed by atoms with Crippen molar-refractivity contribution in [3.8, 4) is 11.5 Å². The molecule has 3 rings (SSSR count). The number of carbonyl (C=O) groups is 2. The highest BCUT2D eigenvalue weighted by molar-refractivity contribution is 5.97. The first-order valence-corrected chi connectivity index (χ1v) is 8.59. The quantitative estimate of drug-likeness (QED) is 0.808. The van der Waals surface area contributed by atoms with Gasteiger partial charge in [0.05, 0.1) is 18.8 Å². The van der Waals surface area contributed by atoms with Gasteiger partial charge >= 0.3 is 0 Å². The lowest BCUT2D eigenvalue weighted by atomic mass is 10.1. The highest BCUT2D eigenvalue weighted by atomic mass is 16.5. The number of ether oxygens (including phenoxy) is 2. The molecule has 0 saturated carbocycles. The lowest BCUT2D eigenvalue weighted by Crippen LogP contribution is -2.49. The van der Waals surface area contributed by atoms with Crippen LogP contribution < -0.4 is 20.1 Å². The zero-order chi connectivity index (χ0) is 18.5. The fourth-order valence-electron chi connectivity index (χ4n) is 2.87. The Morgan fingerprint density at radius 2 is 2.04 bits per heavy atom. The molecule has 2 aromatic carbocycles. The van der Waals surface area contributed by atoms with E-state index in [0.717, 1.165) is 11.3 Å². The first kappa shape index (κ1) is 17.8. The number of fused-ring (bicyclic) bond motifs is 1. The molecule has 2 aromatic rings. The normalized spacial score (nSPS) is 15.7. The Bertz CT molecular complexity index is 806. The van der Waals surface area contributed by atoms with Crippen LogP contribution in [0.15, 0.2) is 48.5 Å². The summed E-state index contributed by atoms with van der Waals surface area (Å²) in [5, 5.41) is 0. The summed E-state index contributed by atoms with van der Waals surface area (Å²) in [4.78, 5) is 25.7. The molecular formula is C20H22N2O4. The summed E-state index contributed by atoms with van der Waals surface area (Å²) < 4.78 is 11.3. The van der Waals surface area contributed by atoms with Crippen LogP contribution in [-0.4, -0.2) is 31.1 Å². The minimum Gasteiger partial charge on any atom is -0.494 e. The Hall–Kier alpha value is -3.02. The molecule has 26 heavy (non-hydrogen) atoms. The molecule has 1 atom stereocenters. The van der Waals surface area contributed by atoms with Gasteiger partial charge in [0.2, 0.25) is 5.91 Å². The van der Waals surface area contributed by atoms with Gasteiger partial charge < -0.3 is 20.1 Å². The van der Waals surface area contributed by atoms with Crippen LogP contribution in [0.2, 0.25) is 0 Å². The number of primary amides is 1. The molecule has 6 nitrogen and oxygen atoms in total. The topological polar surface area (TPSA) is 81.9 Å². The Kier molecular flexibility index (Phi) is 5.41. The third-order valence-electron chi connectivity index (χ3n) is 4.19. The second-order valence-corrected chi connectivity index (χ2v) is 6.25. The van der Waals surface area contributed by atoms with Gasteiger partial charge in [-0.2, -0.15) is 0 Å². The number of carbonyl (C=O) groups excluding carboxylic acids is 2. The van der Waals surface area contributed by atoms with Crippen LogP contribution in [0.25, 0.3) is 0 Å². The number of hydrogen-bond acceptors (Lipinski definition) is 4. The minimum atomic E-state index is -0.836. The smallest absolute Gasteiger partial charge is 0.260 e. The number of benzene rings is 2. The Balaban J connectivity index is 1.59. The predicted octanol–water partition coefficient (Wildman–Crippen LogP) is 2.43. The van der Waals surface area contributed by atoms with Gasteiger partial charge in [-0.05, 0) is 43.2 Å². The molecule has 2 N–H and O–H groups in total. The van der Waals surface area contributed by atoms with Crippen molar-refractivity contribution in [2.45, 2.75) is 25.9 Å². The van der Waals surface area contributed by atoms with Crippen LogP contribution in [0.4, 0.5) is 5.69 Å². The average Bonchev–Trinajstić information content (AvgIpc) is 2.64. The van der Waals surface area contributed by atoms with E-state index in [-0.39, 0.29) is 12.5 Å². The van der Waals surface area contributed by atoms with E-state index >= 15 is 0 Å². The Morgan fingerprint density at radius 1 is 1.23 bits per heavy atom. The molecule has 0 spiro atoms. The molecule has 136 valence electrons. The molecule has 0 fully saturated rings. The summed E-state index contributed by atoms with van der Waals surface area (Å²) in [5.41, 5.74) is 7.15. The summed E-state index contributed by atoms with van der Waals surface area (Å²) in [5.74, 6) is 0.620. The number of nitrogens with zero attached hydrogens (tertiary/aromatic N) is 1. The summed E-state index contributed by atoms with van der Waals surface area (Å²) in [6, 6.07) is 14.9. The first-order chi connectivity index (χ1) is 12.5. The van der Waals surface area contributed by atoms with Gasteiger partial charge in [-0.3, -0.25) is 9.59 Å². The van der Waals surface area contributed by atoms with E-state index in [1.54, 1.807) is 23.1 Å². The van der Waals surface area contributed by atoms with Crippen LogP contribution in [-0.2, 0) is 9.59 Å². The van der Waals surface area contributed by atoms with Crippen molar-refractivity contribution >= 4 is 17.5 Å². The van der Waals surface area contributed by atoms with E-state index in [1.165, 1.54) is 0 Å². The van der Waals surface area contributed by atoms with Crippen LogP contribution in [0.1, 0.15) is 18.4 Å². The highest BCUT2D eigenvalue weighted by Gasteiger charge is 2.32. The summed E-state index contributed by atoms with van der Waals surface area (Å²) in [6.45, 7) is 2.58. The van der Waals surface area contributed by atoms with E-state index in [0.29, 0.717) is 30.9 Å². The molecule has 6 heteroatoms. The number of nitrogens with two attached hydrogens (primary N) is 1. The lowest BCUT2D eigenvalue weighted by molar-refractivity contribution is -0.125. The molecule has 1 aliphatic rings. The second-order valence-electron chi connectivity index (χ2n) is 6.25. The average molecular weight is 354 g/mol. The van der Waals surface area contributed by atoms with E-state index in [4.69, 9.17) is 15.2 Å². The van der Waals surface area contributed by atoms with Gasteiger partial charge in [-0.15, -0.1) is 0 Å². The monoisotopic (exact) mass is 354 g/mol. The molecule has 0 aliphatic carbocycles. The third kappa shape index (κ3) is 4.14. The van der Waals surface area contributed by atoms with Gasteiger partial charge in [0.1, 0.15) is 11.5 Å². The number of hydrogen-bond donors (Lipinski definition) is 1. The highest BCUT2D eigenvalue weighted by Crippen LogP contribution is 2.33. The Morgan fingerprint density at radius 3 is 2.81 bits per heavy atom. The van der Waals surface area contributed by atoms with Gasteiger partial charge in [-0.25, -0.2) is 0 Å². The standard InChI is InChI=1S/C20H22N2O4/c1-14-6-4-7-15(12-14)25-11-5-10-19(23)22-13-18(20(21)24)26-17-9-3-2-8-16(17)22/h2-4,6-9,12,18H,5,10-11,13H2,1H3,(H2,21,24). The first-order valence-electron chi connectivity index (χ1n) is 8.59. The number of para-hydroxylation sites is 2. The van der Waals surface area contributed by atoms with Crippen molar-refractivity contribution in [1.29, 1.82) is 0 Å². The maximum atomic E-state index is 12.7. The lowest BCUT2D eigenvalue weighted by Gasteiger charge is -2.33. The minimum absolute atomic E-state index is 0.0835. The van der Waals surface area contributed by atoms with Crippen LogP contribution in [0.5, 0.6) is 11.5 Å². The molecule has 1 aliphatic heterocycles. The molecule has 0 aromatic heterocycles. The molecule has 1 unspecified atom stereocenters. The SMILES string of the molecule is Cc1cccc(OCCCC(=O)N2CC(C(N)=O)Oc3ccccc32)c1. The molecule has 0 bridgehead atoms. The molecule has 0 radical (unpaired) electrons. The summed E-state index contributed by atoms with van der Waals surface area (Å²) in [7, 11) is 0. The van der Waals surface area contributed by atoms with Gasteiger partial charge in [-0.1, -0.05) is 24.3 Å². The van der Waals surface area contributed by atoms with Crippen LogP contribution in [0, 0.1) is 6.92 Å². The molecule has 2 amide bonds. The van der Waals surface area contributed by atoms with Gasteiger partial charge in [0, 0.05) is 6.42 Å². The van der Waals surface area contributed by atoms with E-state index < -0.39 is 12.0 Å². The Labute approximate surface area is 152 Å². The van der Waals surface area contributed by atoms with Crippen molar-refractivity contribution in [3.05, 3.63) is 54.1 Å². The van der Waals surface area contributed by atoms with Crippen molar-refractivity contribution in [2.75, 3.05) is 18.1 Å². The number of anilines is 1. The summed E-state index contributed by atoms with van der Waals surface area (Å²) >= 11 is 0. The van der Waals surface area contributed by atoms with Gasteiger partial charge in [0.15, 0.2) is 6.10 Å². The predicted molar refractivity (Wildman–Crippen MR) is 98.3 cm³/mol. The molecule has 1 heterocycles.